The minimum absolute atomic E-state index is 0.0948. The highest BCUT2D eigenvalue weighted by atomic mass is 19.4. The highest BCUT2D eigenvalue weighted by molar-refractivity contribution is 5.97. The summed E-state index contributed by atoms with van der Waals surface area (Å²) in [4.78, 5) is 24.5. The zero-order valence-electron chi connectivity index (χ0n) is 12.7. The van der Waals surface area contributed by atoms with Crippen molar-refractivity contribution in [1.29, 1.82) is 0 Å². The number of aryl methyl sites for hydroxylation is 1. The van der Waals surface area contributed by atoms with E-state index in [4.69, 9.17) is 9.52 Å². The van der Waals surface area contributed by atoms with Crippen LogP contribution in [0, 0.1) is 12.3 Å². The van der Waals surface area contributed by atoms with Gasteiger partial charge in [-0.15, -0.1) is 0 Å². The number of carbonyl (C=O) groups excluding carboxylic acids is 1. The lowest BCUT2D eigenvalue weighted by molar-refractivity contribution is -0.227. The van der Waals surface area contributed by atoms with E-state index in [2.05, 4.69) is 0 Å². The summed E-state index contributed by atoms with van der Waals surface area (Å²) in [6.07, 6.45) is -5.60. The molecule has 1 atom stereocenters. The van der Waals surface area contributed by atoms with E-state index < -0.39 is 36.4 Å². The van der Waals surface area contributed by atoms with Gasteiger partial charge in [0, 0.05) is 18.5 Å². The van der Waals surface area contributed by atoms with Gasteiger partial charge in [-0.1, -0.05) is 18.2 Å². The summed E-state index contributed by atoms with van der Waals surface area (Å²) in [6.45, 7) is 0.580. The quantitative estimate of drug-likeness (QED) is 0.910. The fraction of sp³-hybridized carbons (Fsp3) is 0.375. The number of para-hydroxylation sites is 1. The molecule has 0 radical (unpaired) electrons. The van der Waals surface area contributed by atoms with Crippen LogP contribution in [0.1, 0.15) is 22.5 Å². The third-order valence-electron chi connectivity index (χ3n) is 4.46. The number of alkyl halides is 3. The number of amides is 1. The number of carboxylic acid groups (broad SMARTS) is 1. The second-order valence-corrected chi connectivity index (χ2v) is 5.97. The second kappa shape index (κ2) is 5.25. The average Bonchev–Trinajstić information content (AvgIpc) is 3.11. The Kier molecular flexibility index (Phi) is 3.58. The van der Waals surface area contributed by atoms with E-state index in [1.165, 1.54) is 6.07 Å². The lowest BCUT2D eigenvalue weighted by Gasteiger charge is -2.26. The first-order chi connectivity index (χ1) is 11.2. The van der Waals surface area contributed by atoms with Crippen LogP contribution in [0.4, 0.5) is 13.2 Å². The zero-order valence-corrected chi connectivity index (χ0v) is 12.7. The van der Waals surface area contributed by atoms with Gasteiger partial charge in [0.25, 0.3) is 5.91 Å². The molecule has 0 bridgehead atoms. The van der Waals surface area contributed by atoms with Crippen LogP contribution in [0.15, 0.2) is 28.7 Å². The van der Waals surface area contributed by atoms with E-state index in [9.17, 15) is 22.8 Å². The maximum Gasteiger partial charge on any atom is 0.406 e. The van der Waals surface area contributed by atoms with E-state index in [1.807, 2.05) is 0 Å². The van der Waals surface area contributed by atoms with Gasteiger partial charge in [-0.2, -0.15) is 13.2 Å². The molecule has 1 N–H and O–H groups in total. The SMILES string of the molecule is Cc1cccc2cc(C(=O)N3CCC(C(=O)O)(C(F)(F)F)C3)oc12. The van der Waals surface area contributed by atoms with Crippen LogP contribution in [-0.4, -0.2) is 41.1 Å². The second-order valence-electron chi connectivity index (χ2n) is 5.97. The molecule has 0 aliphatic carbocycles. The van der Waals surface area contributed by atoms with Crippen molar-refractivity contribution in [3.8, 4) is 0 Å². The maximum absolute atomic E-state index is 13.2. The Labute approximate surface area is 134 Å². The summed E-state index contributed by atoms with van der Waals surface area (Å²) in [5.41, 5.74) is -1.64. The summed E-state index contributed by atoms with van der Waals surface area (Å²) in [6, 6.07) is 6.74. The number of fused-ring (bicyclic) bond motifs is 1. The van der Waals surface area contributed by atoms with Gasteiger partial charge in [0.15, 0.2) is 11.2 Å². The molecule has 1 aliphatic heterocycles. The molecule has 24 heavy (non-hydrogen) atoms. The molecule has 1 fully saturated rings. The molecule has 2 heterocycles. The van der Waals surface area contributed by atoms with Gasteiger partial charge in [0.05, 0.1) is 0 Å². The molecule has 1 aliphatic rings. The third kappa shape index (κ3) is 2.33. The number of carbonyl (C=O) groups is 2. The molecule has 1 aromatic heterocycles. The molecule has 1 saturated heterocycles. The van der Waals surface area contributed by atoms with Crippen LogP contribution in [0.3, 0.4) is 0 Å². The van der Waals surface area contributed by atoms with Gasteiger partial charge in [0.1, 0.15) is 5.58 Å². The van der Waals surface area contributed by atoms with Crippen LogP contribution < -0.4 is 0 Å². The summed E-state index contributed by atoms with van der Waals surface area (Å²) in [7, 11) is 0. The number of likely N-dealkylation sites (tertiary alicyclic amines) is 1. The molecule has 1 unspecified atom stereocenters. The molecular weight excluding hydrogens is 327 g/mol. The highest BCUT2D eigenvalue weighted by Crippen LogP contribution is 2.46. The van der Waals surface area contributed by atoms with E-state index in [0.717, 1.165) is 10.5 Å². The molecule has 2 aromatic rings. The Hall–Kier alpha value is -2.51. The Bertz CT molecular complexity index is 826. The Morgan fingerprint density at radius 1 is 1.33 bits per heavy atom. The lowest BCUT2D eigenvalue weighted by atomic mass is 9.86. The number of nitrogens with zero attached hydrogens (tertiary/aromatic N) is 1. The van der Waals surface area contributed by atoms with Gasteiger partial charge in [0.2, 0.25) is 0 Å². The smallest absolute Gasteiger partial charge is 0.406 e. The van der Waals surface area contributed by atoms with Gasteiger partial charge < -0.3 is 14.4 Å². The molecule has 3 rings (SSSR count). The van der Waals surface area contributed by atoms with E-state index in [-0.39, 0.29) is 12.3 Å². The summed E-state index contributed by atoms with van der Waals surface area (Å²) in [5, 5.41) is 9.70. The molecular formula is C16H14F3NO4. The van der Waals surface area contributed by atoms with Crippen LogP contribution in [0.25, 0.3) is 11.0 Å². The summed E-state index contributed by atoms with van der Waals surface area (Å²) >= 11 is 0. The maximum atomic E-state index is 13.2. The van der Waals surface area contributed by atoms with Crippen LogP contribution in [0.5, 0.6) is 0 Å². The van der Waals surface area contributed by atoms with E-state index in [1.54, 1.807) is 25.1 Å². The third-order valence-corrected chi connectivity index (χ3v) is 4.46. The van der Waals surface area contributed by atoms with E-state index >= 15 is 0 Å². The number of furan rings is 1. The average molecular weight is 341 g/mol. The number of hydrogen-bond donors (Lipinski definition) is 1. The number of rotatable bonds is 2. The molecule has 1 amide bonds. The summed E-state index contributed by atoms with van der Waals surface area (Å²) in [5.74, 6) is -2.80. The number of benzene rings is 1. The fourth-order valence-corrected chi connectivity index (χ4v) is 2.98. The Morgan fingerprint density at radius 2 is 2.04 bits per heavy atom. The standard InChI is InChI=1S/C16H14F3NO4/c1-9-3-2-4-10-7-11(24-12(9)10)13(21)20-6-5-15(8-20,14(22)23)16(17,18)19/h2-4,7H,5-6,8H2,1H3,(H,22,23). The number of carboxylic acids is 1. The monoisotopic (exact) mass is 341 g/mol. The predicted octanol–water partition coefficient (Wildman–Crippen LogP) is 3.22. The zero-order chi connectivity index (χ0) is 17.7. The first kappa shape index (κ1) is 16.4. The van der Waals surface area contributed by atoms with Crippen molar-refractivity contribution >= 4 is 22.8 Å². The van der Waals surface area contributed by atoms with Crippen molar-refractivity contribution in [2.75, 3.05) is 13.1 Å². The van der Waals surface area contributed by atoms with Gasteiger partial charge in [-0.3, -0.25) is 9.59 Å². The minimum atomic E-state index is -4.93. The molecule has 1 aromatic carbocycles. The molecule has 8 heteroatoms. The molecule has 128 valence electrons. The van der Waals surface area contributed by atoms with Crippen LogP contribution in [0.2, 0.25) is 0 Å². The minimum Gasteiger partial charge on any atom is -0.481 e. The summed E-state index contributed by atoms with van der Waals surface area (Å²) < 4.78 is 45.0. The fourth-order valence-electron chi connectivity index (χ4n) is 2.98. The Morgan fingerprint density at radius 3 is 2.58 bits per heavy atom. The van der Waals surface area contributed by atoms with Crippen molar-refractivity contribution in [2.45, 2.75) is 19.5 Å². The number of halogens is 3. The largest absolute Gasteiger partial charge is 0.481 e. The van der Waals surface area contributed by atoms with E-state index in [0.29, 0.717) is 11.0 Å². The Balaban J connectivity index is 1.91. The van der Waals surface area contributed by atoms with Crippen molar-refractivity contribution < 1.29 is 32.3 Å². The van der Waals surface area contributed by atoms with Crippen molar-refractivity contribution in [3.63, 3.8) is 0 Å². The van der Waals surface area contributed by atoms with Gasteiger partial charge >= 0.3 is 12.1 Å². The number of aliphatic carboxylic acids is 1. The molecule has 0 saturated carbocycles. The van der Waals surface area contributed by atoms with Crippen molar-refractivity contribution in [3.05, 3.63) is 35.6 Å². The van der Waals surface area contributed by atoms with Crippen molar-refractivity contribution in [2.24, 2.45) is 5.41 Å². The first-order valence-electron chi connectivity index (χ1n) is 7.24. The van der Waals surface area contributed by atoms with Gasteiger partial charge in [-0.25, -0.2) is 0 Å². The number of hydrogen-bond acceptors (Lipinski definition) is 3. The highest BCUT2D eigenvalue weighted by Gasteiger charge is 2.64. The molecule has 5 nitrogen and oxygen atoms in total. The normalized spacial score (nSPS) is 21.4. The predicted molar refractivity (Wildman–Crippen MR) is 77.6 cm³/mol. The van der Waals surface area contributed by atoms with Crippen molar-refractivity contribution in [1.82, 2.24) is 4.90 Å². The topological polar surface area (TPSA) is 70.8 Å². The van der Waals surface area contributed by atoms with Gasteiger partial charge in [-0.05, 0) is 25.0 Å². The first-order valence-corrected chi connectivity index (χ1v) is 7.24. The lowest BCUT2D eigenvalue weighted by Crippen LogP contribution is -2.47. The molecule has 0 spiro atoms. The van der Waals surface area contributed by atoms with Crippen LogP contribution in [-0.2, 0) is 4.79 Å². The van der Waals surface area contributed by atoms with Crippen LogP contribution >= 0.6 is 0 Å².